The van der Waals surface area contributed by atoms with Crippen molar-refractivity contribution in [3.8, 4) is 11.5 Å². The van der Waals surface area contributed by atoms with Crippen molar-refractivity contribution in [2.75, 3.05) is 36.5 Å². The Kier molecular flexibility index (Phi) is 5.08. The quantitative estimate of drug-likeness (QED) is 0.592. The fraction of sp³-hybridized carbons (Fsp3) is 0.429. The number of thiazole rings is 1. The molecule has 1 saturated heterocycles. The maximum Gasteiger partial charge on any atom is 0.216 e. The van der Waals surface area contributed by atoms with Crippen LogP contribution in [-0.4, -0.2) is 52.8 Å². The molecular formula is C21H23FN6OS. The molecule has 0 saturated carbocycles. The molecule has 2 aliphatic rings. The van der Waals surface area contributed by atoms with Crippen LogP contribution < -0.4 is 9.80 Å². The molecule has 0 amide bonds. The number of pyridine rings is 1. The topological polar surface area (TPSA) is 67.3 Å². The lowest BCUT2D eigenvalue weighted by molar-refractivity contribution is 0.121. The Morgan fingerprint density at radius 2 is 2.10 bits per heavy atom. The third-order valence-electron chi connectivity index (χ3n) is 5.97. The van der Waals surface area contributed by atoms with Crippen molar-refractivity contribution in [3.05, 3.63) is 46.4 Å². The van der Waals surface area contributed by atoms with E-state index >= 15 is 0 Å². The van der Waals surface area contributed by atoms with Crippen LogP contribution in [0.3, 0.4) is 0 Å². The molecule has 0 spiro atoms. The minimum Gasteiger partial charge on any atom is -0.380 e. The van der Waals surface area contributed by atoms with Crippen molar-refractivity contribution < 1.29 is 9.13 Å². The fourth-order valence-corrected chi connectivity index (χ4v) is 4.81. The van der Waals surface area contributed by atoms with Crippen molar-refractivity contribution in [3.63, 3.8) is 0 Å². The highest BCUT2D eigenvalue weighted by atomic mass is 32.1. The number of hydrogen-bond acceptors (Lipinski definition) is 8. The number of aromatic nitrogens is 4. The molecule has 5 rings (SSSR count). The van der Waals surface area contributed by atoms with E-state index in [9.17, 15) is 4.39 Å². The second-order valence-electron chi connectivity index (χ2n) is 7.69. The summed E-state index contributed by atoms with van der Waals surface area (Å²) in [6.07, 6.45) is 3.76. The average molecular weight is 427 g/mol. The van der Waals surface area contributed by atoms with Crippen LogP contribution in [0.25, 0.3) is 11.5 Å². The summed E-state index contributed by atoms with van der Waals surface area (Å²) >= 11 is 1.53. The predicted molar refractivity (Wildman–Crippen MR) is 114 cm³/mol. The van der Waals surface area contributed by atoms with Gasteiger partial charge in [0.25, 0.3) is 0 Å². The highest BCUT2D eigenvalue weighted by molar-refractivity contribution is 7.07. The van der Waals surface area contributed by atoms with E-state index in [2.05, 4.69) is 31.7 Å². The summed E-state index contributed by atoms with van der Waals surface area (Å²) in [6.45, 7) is 4.43. The summed E-state index contributed by atoms with van der Waals surface area (Å²) in [6, 6.07) is 3.49. The van der Waals surface area contributed by atoms with E-state index in [0.717, 1.165) is 55.1 Å². The van der Waals surface area contributed by atoms with E-state index in [0.29, 0.717) is 11.6 Å². The van der Waals surface area contributed by atoms with Crippen LogP contribution in [0.2, 0.25) is 0 Å². The highest BCUT2D eigenvalue weighted by Gasteiger charge is 2.29. The van der Waals surface area contributed by atoms with Gasteiger partial charge in [-0.3, -0.25) is 0 Å². The molecule has 7 nitrogen and oxygen atoms in total. The average Bonchev–Trinajstić information content (AvgIpc) is 3.45. The van der Waals surface area contributed by atoms with Crippen LogP contribution in [0.4, 0.5) is 15.9 Å². The summed E-state index contributed by atoms with van der Waals surface area (Å²) in [5.41, 5.74) is 5.51. The van der Waals surface area contributed by atoms with Gasteiger partial charge < -0.3 is 14.5 Å². The highest BCUT2D eigenvalue weighted by Crippen LogP contribution is 2.34. The molecule has 30 heavy (non-hydrogen) atoms. The van der Waals surface area contributed by atoms with Gasteiger partial charge in [0, 0.05) is 68.1 Å². The van der Waals surface area contributed by atoms with E-state index in [1.807, 2.05) is 17.6 Å². The SMILES string of the molecule is COC1CCN(c2cc(F)nc(N3CCc4nc(-c5cscn5)ncc4C3C)c2)C1. The third kappa shape index (κ3) is 3.52. The van der Waals surface area contributed by atoms with E-state index in [-0.39, 0.29) is 12.1 Å². The molecule has 1 fully saturated rings. The lowest BCUT2D eigenvalue weighted by Gasteiger charge is -2.36. The van der Waals surface area contributed by atoms with Gasteiger partial charge in [-0.05, 0) is 13.3 Å². The second-order valence-corrected chi connectivity index (χ2v) is 8.41. The summed E-state index contributed by atoms with van der Waals surface area (Å²) in [5, 5.41) is 1.95. The van der Waals surface area contributed by atoms with Crippen molar-refractivity contribution in [1.82, 2.24) is 19.9 Å². The Bertz CT molecular complexity index is 1050. The van der Waals surface area contributed by atoms with Crippen molar-refractivity contribution in [1.29, 1.82) is 0 Å². The van der Waals surface area contributed by atoms with Crippen molar-refractivity contribution in [2.45, 2.75) is 31.9 Å². The monoisotopic (exact) mass is 426 g/mol. The predicted octanol–water partition coefficient (Wildman–Crippen LogP) is 3.48. The zero-order valence-electron chi connectivity index (χ0n) is 17.0. The number of ether oxygens (including phenoxy) is 1. The molecule has 0 aromatic carbocycles. The Hall–Kier alpha value is -2.65. The molecule has 3 aromatic heterocycles. The summed E-state index contributed by atoms with van der Waals surface area (Å²) in [4.78, 5) is 22.1. The zero-order valence-corrected chi connectivity index (χ0v) is 17.8. The van der Waals surface area contributed by atoms with Gasteiger partial charge in [-0.25, -0.2) is 19.9 Å². The molecule has 0 aliphatic carbocycles. The Morgan fingerprint density at radius 1 is 1.20 bits per heavy atom. The number of fused-ring (bicyclic) bond motifs is 1. The first kappa shape index (κ1) is 19.3. The van der Waals surface area contributed by atoms with Crippen LogP contribution in [0.5, 0.6) is 0 Å². The standard InChI is InChI=1S/C21H23FN6OS/c1-13-16-9-23-21(18-11-30-12-24-18)25-17(16)4-6-28(13)20-8-14(7-19(22)26-20)27-5-3-15(10-27)29-2/h7-9,11-13,15H,3-6,10H2,1-2H3. The van der Waals surface area contributed by atoms with Gasteiger partial charge in [0.05, 0.1) is 23.4 Å². The molecule has 0 bridgehead atoms. The van der Waals surface area contributed by atoms with E-state index in [4.69, 9.17) is 9.72 Å². The van der Waals surface area contributed by atoms with Crippen LogP contribution >= 0.6 is 11.3 Å². The first-order chi connectivity index (χ1) is 14.6. The fourth-order valence-electron chi connectivity index (χ4n) is 4.28. The number of halogens is 1. The normalized spacial score (nSPS) is 21.2. The molecule has 2 aliphatic heterocycles. The van der Waals surface area contributed by atoms with Gasteiger partial charge in [0.1, 0.15) is 11.5 Å². The third-order valence-corrected chi connectivity index (χ3v) is 6.56. The minimum atomic E-state index is -0.462. The van der Waals surface area contributed by atoms with Crippen LogP contribution in [-0.2, 0) is 11.2 Å². The van der Waals surface area contributed by atoms with Crippen LogP contribution in [0.1, 0.15) is 30.6 Å². The first-order valence-corrected chi connectivity index (χ1v) is 11.0. The Balaban J connectivity index is 1.42. The lowest BCUT2D eigenvalue weighted by atomic mass is 9.99. The van der Waals surface area contributed by atoms with Crippen molar-refractivity contribution >= 4 is 22.8 Å². The van der Waals surface area contributed by atoms with Gasteiger partial charge in [-0.1, -0.05) is 0 Å². The van der Waals surface area contributed by atoms with Gasteiger partial charge in [0.15, 0.2) is 5.82 Å². The molecule has 9 heteroatoms. The number of nitrogens with zero attached hydrogens (tertiary/aromatic N) is 6. The van der Waals surface area contributed by atoms with Gasteiger partial charge in [0.2, 0.25) is 5.95 Å². The molecule has 2 unspecified atom stereocenters. The lowest BCUT2D eigenvalue weighted by Crippen LogP contribution is -2.35. The van der Waals surface area contributed by atoms with Crippen LogP contribution in [0, 0.1) is 5.95 Å². The molecule has 0 radical (unpaired) electrons. The zero-order chi connectivity index (χ0) is 20.7. The minimum absolute atomic E-state index is 0.00526. The molecule has 5 heterocycles. The molecule has 2 atom stereocenters. The van der Waals surface area contributed by atoms with Gasteiger partial charge in [-0.15, -0.1) is 11.3 Å². The van der Waals surface area contributed by atoms with Crippen LogP contribution in [0.15, 0.2) is 29.2 Å². The largest absolute Gasteiger partial charge is 0.380 e. The van der Waals surface area contributed by atoms with Crippen molar-refractivity contribution in [2.24, 2.45) is 0 Å². The number of methoxy groups -OCH3 is 1. The summed E-state index contributed by atoms with van der Waals surface area (Å²) in [7, 11) is 1.72. The molecular weight excluding hydrogens is 403 g/mol. The first-order valence-electron chi connectivity index (χ1n) is 10.1. The maximum atomic E-state index is 14.4. The second kappa shape index (κ2) is 7.88. The smallest absolute Gasteiger partial charge is 0.216 e. The molecule has 0 N–H and O–H groups in total. The molecule has 156 valence electrons. The van der Waals surface area contributed by atoms with E-state index in [1.54, 1.807) is 12.6 Å². The summed E-state index contributed by atoms with van der Waals surface area (Å²) in [5.74, 6) is 0.840. The number of rotatable bonds is 4. The van der Waals surface area contributed by atoms with E-state index < -0.39 is 5.95 Å². The summed E-state index contributed by atoms with van der Waals surface area (Å²) < 4.78 is 19.9. The Labute approximate surface area is 178 Å². The number of hydrogen-bond donors (Lipinski definition) is 0. The Morgan fingerprint density at radius 3 is 2.87 bits per heavy atom. The van der Waals surface area contributed by atoms with Gasteiger partial charge >= 0.3 is 0 Å². The maximum absolute atomic E-state index is 14.4. The van der Waals surface area contributed by atoms with Gasteiger partial charge in [-0.2, -0.15) is 4.39 Å². The number of anilines is 2. The van der Waals surface area contributed by atoms with E-state index in [1.165, 1.54) is 17.4 Å². The molecule has 3 aromatic rings.